The molecule has 0 spiro atoms. The first-order valence-corrected chi connectivity index (χ1v) is 12.0. The van der Waals surface area contributed by atoms with Gasteiger partial charge in [-0.05, 0) is 49.0 Å². The third-order valence-corrected chi connectivity index (χ3v) is 7.80. The average molecular weight is 470 g/mol. The quantitative estimate of drug-likeness (QED) is 0.492. The van der Waals surface area contributed by atoms with Gasteiger partial charge in [0.2, 0.25) is 10.0 Å². The second-order valence-corrected chi connectivity index (χ2v) is 9.90. The highest BCUT2D eigenvalue weighted by Gasteiger charge is 2.26. The maximum atomic E-state index is 12.7. The van der Waals surface area contributed by atoms with E-state index in [-0.39, 0.29) is 10.0 Å². The van der Waals surface area contributed by atoms with E-state index < -0.39 is 16.0 Å². The van der Waals surface area contributed by atoms with Crippen LogP contribution < -0.4 is 10.6 Å². The lowest BCUT2D eigenvalue weighted by Gasteiger charge is -2.26. The van der Waals surface area contributed by atoms with E-state index in [1.165, 1.54) is 34.9 Å². The van der Waals surface area contributed by atoms with E-state index in [1.807, 2.05) is 6.92 Å². The SMILES string of the molecule is CCc1cc(C(=O)OC)c(NC(=S)Nc2ccc(S(=O)(=O)N3CCOCC3)cc2)s1. The number of aryl methyl sites for hydroxylation is 1. The summed E-state index contributed by atoms with van der Waals surface area (Å²) in [6.45, 7) is 3.49. The number of esters is 1. The summed E-state index contributed by atoms with van der Waals surface area (Å²) in [5.74, 6) is -0.436. The van der Waals surface area contributed by atoms with Crippen LogP contribution in [0.2, 0.25) is 0 Å². The average Bonchev–Trinajstić information content (AvgIpc) is 3.17. The minimum atomic E-state index is -3.55. The second kappa shape index (κ2) is 9.84. The first-order chi connectivity index (χ1) is 14.3. The second-order valence-electron chi connectivity index (χ2n) is 6.42. The molecule has 0 bridgehead atoms. The molecule has 0 aliphatic carbocycles. The molecule has 11 heteroatoms. The van der Waals surface area contributed by atoms with E-state index in [1.54, 1.807) is 18.2 Å². The Morgan fingerprint density at radius 2 is 1.90 bits per heavy atom. The molecule has 1 aliphatic rings. The fourth-order valence-corrected chi connectivity index (χ4v) is 5.56. The third kappa shape index (κ3) is 5.16. The molecule has 1 aromatic heterocycles. The van der Waals surface area contributed by atoms with Crippen molar-refractivity contribution in [2.75, 3.05) is 44.0 Å². The topological polar surface area (TPSA) is 97.0 Å². The molecule has 0 amide bonds. The predicted octanol–water partition coefficient (Wildman–Crippen LogP) is 2.93. The number of benzene rings is 1. The third-order valence-electron chi connectivity index (χ3n) is 4.48. The maximum Gasteiger partial charge on any atom is 0.340 e. The summed E-state index contributed by atoms with van der Waals surface area (Å²) in [6.07, 6.45) is 0.787. The van der Waals surface area contributed by atoms with E-state index in [0.29, 0.717) is 42.6 Å². The normalized spacial score (nSPS) is 14.9. The van der Waals surface area contributed by atoms with Gasteiger partial charge in [-0.25, -0.2) is 13.2 Å². The van der Waals surface area contributed by atoms with E-state index >= 15 is 0 Å². The highest BCUT2D eigenvalue weighted by Crippen LogP contribution is 2.29. The molecule has 1 saturated heterocycles. The van der Waals surface area contributed by atoms with Crippen molar-refractivity contribution < 1.29 is 22.7 Å². The van der Waals surface area contributed by atoms with Crippen molar-refractivity contribution in [2.45, 2.75) is 18.2 Å². The smallest absolute Gasteiger partial charge is 0.340 e. The summed E-state index contributed by atoms with van der Waals surface area (Å²) in [4.78, 5) is 13.2. The Bertz CT molecular complexity index is 1010. The van der Waals surface area contributed by atoms with Gasteiger partial charge in [-0.3, -0.25) is 0 Å². The van der Waals surface area contributed by atoms with Gasteiger partial charge in [-0.1, -0.05) is 6.92 Å². The zero-order valence-electron chi connectivity index (χ0n) is 16.6. The lowest BCUT2D eigenvalue weighted by Crippen LogP contribution is -2.40. The molecule has 1 aliphatic heterocycles. The first kappa shape index (κ1) is 22.6. The Kier molecular flexibility index (Phi) is 7.42. The van der Waals surface area contributed by atoms with Crippen LogP contribution in [-0.4, -0.2) is 57.2 Å². The van der Waals surface area contributed by atoms with Crippen LogP contribution in [0, 0.1) is 0 Å². The van der Waals surface area contributed by atoms with Gasteiger partial charge in [0.15, 0.2) is 5.11 Å². The Morgan fingerprint density at radius 1 is 1.23 bits per heavy atom. The van der Waals surface area contributed by atoms with Crippen LogP contribution in [0.4, 0.5) is 10.7 Å². The zero-order valence-corrected chi connectivity index (χ0v) is 19.1. The molecule has 1 fully saturated rings. The summed E-state index contributed by atoms with van der Waals surface area (Å²) in [5, 5.41) is 6.91. The van der Waals surface area contributed by atoms with E-state index in [2.05, 4.69) is 10.6 Å². The molecule has 0 unspecified atom stereocenters. The predicted molar refractivity (Wildman–Crippen MR) is 121 cm³/mol. The van der Waals surface area contributed by atoms with Gasteiger partial charge in [-0.2, -0.15) is 4.31 Å². The van der Waals surface area contributed by atoms with Crippen LogP contribution in [0.5, 0.6) is 0 Å². The highest BCUT2D eigenvalue weighted by molar-refractivity contribution is 7.89. The van der Waals surface area contributed by atoms with Gasteiger partial charge in [0.05, 0.1) is 30.8 Å². The number of nitrogens with zero attached hydrogens (tertiary/aromatic N) is 1. The van der Waals surface area contributed by atoms with Gasteiger partial charge in [0.25, 0.3) is 0 Å². The number of thiophene rings is 1. The molecular formula is C19H23N3O5S3. The zero-order chi connectivity index (χ0) is 21.7. The van der Waals surface area contributed by atoms with E-state index in [9.17, 15) is 13.2 Å². The van der Waals surface area contributed by atoms with Gasteiger partial charge in [-0.15, -0.1) is 11.3 Å². The number of nitrogens with one attached hydrogen (secondary N) is 2. The van der Waals surface area contributed by atoms with Crippen LogP contribution in [0.3, 0.4) is 0 Å². The summed E-state index contributed by atoms with van der Waals surface area (Å²) >= 11 is 6.78. The van der Waals surface area contributed by atoms with Crippen molar-refractivity contribution in [2.24, 2.45) is 0 Å². The van der Waals surface area contributed by atoms with Crippen molar-refractivity contribution in [1.29, 1.82) is 0 Å². The van der Waals surface area contributed by atoms with E-state index in [4.69, 9.17) is 21.7 Å². The number of hydrogen-bond donors (Lipinski definition) is 2. The van der Waals surface area contributed by atoms with Crippen molar-refractivity contribution >= 4 is 55.3 Å². The summed E-state index contributed by atoms with van der Waals surface area (Å²) in [7, 11) is -2.21. The molecule has 2 heterocycles. The van der Waals surface area contributed by atoms with Gasteiger partial charge >= 0.3 is 5.97 Å². The summed E-state index contributed by atoms with van der Waals surface area (Å²) in [6, 6.07) is 8.15. The standard InChI is InChI=1S/C19H23N3O5S3/c1-3-14-12-16(18(23)26-2)17(29-14)21-19(28)20-13-4-6-15(7-5-13)30(24,25)22-8-10-27-11-9-22/h4-7,12H,3,8-11H2,1-2H3,(H2,20,21,28). The van der Waals surface area contributed by atoms with Crippen LogP contribution >= 0.6 is 23.6 Å². The highest BCUT2D eigenvalue weighted by atomic mass is 32.2. The number of ether oxygens (including phenoxy) is 2. The van der Waals surface area contributed by atoms with Crippen molar-refractivity contribution in [3.8, 4) is 0 Å². The minimum absolute atomic E-state index is 0.215. The number of anilines is 2. The number of carbonyl (C=O) groups excluding carboxylic acids is 1. The number of rotatable bonds is 6. The molecule has 0 radical (unpaired) electrons. The van der Waals surface area contributed by atoms with Crippen molar-refractivity contribution in [3.63, 3.8) is 0 Å². The van der Waals surface area contributed by atoms with E-state index in [0.717, 1.165) is 11.3 Å². The van der Waals surface area contributed by atoms with Gasteiger partial charge < -0.3 is 20.1 Å². The number of hydrogen-bond acceptors (Lipinski definition) is 7. The Morgan fingerprint density at radius 3 is 2.50 bits per heavy atom. The monoisotopic (exact) mass is 469 g/mol. The fourth-order valence-electron chi connectivity index (χ4n) is 2.88. The molecule has 30 heavy (non-hydrogen) atoms. The van der Waals surface area contributed by atoms with Crippen LogP contribution in [-0.2, 0) is 25.9 Å². The number of sulfonamides is 1. The minimum Gasteiger partial charge on any atom is -0.465 e. The fraction of sp³-hybridized carbons (Fsp3) is 0.368. The first-order valence-electron chi connectivity index (χ1n) is 9.32. The maximum absolute atomic E-state index is 12.7. The Labute approximate surface area is 185 Å². The molecule has 0 atom stereocenters. The van der Waals surface area contributed by atoms with Crippen LogP contribution in [0.25, 0.3) is 0 Å². The molecular weight excluding hydrogens is 446 g/mol. The lowest BCUT2D eigenvalue weighted by atomic mass is 10.2. The Balaban J connectivity index is 1.68. The van der Waals surface area contributed by atoms with Crippen molar-refractivity contribution in [3.05, 3.63) is 40.8 Å². The van der Waals surface area contributed by atoms with Gasteiger partial charge in [0.1, 0.15) is 5.00 Å². The summed E-state index contributed by atoms with van der Waals surface area (Å²) < 4.78 is 36.8. The summed E-state index contributed by atoms with van der Waals surface area (Å²) in [5.41, 5.74) is 1.05. The number of methoxy groups -OCH3 is 1. The number of carbonyl (C=O) groups is 1. The molecule has 0 saturated carbocycles. The molecule has 8 nitrogen and oxygen atoms in total. The largest absolute Gasteiger partial charge is 0.465 e. The number of thiocarbonyl (C=S) groups is 1. The van der Waals surface area contributed by atoms with Crippen LogP contribution in [0.15, 0.2) is 35.2 Å². The molecule has 3 rings (SSSR count). The van der Waals surface area contributed by atoms with Crippen LogP contribution in [0.1, 0.15) is 22.2 Å². The lowest BCUT2D eigenvalue weighted by molar-refractivity contribution is 0.0602. The van der Waals surface area contributed by atoms with Crippen molar-refractivity contribution in [1.82, 2.24) is 4.31 Å². The molecule has 2 N–H and O–H groups in total. The van der Waals surface area contributed by atoms with Gasteiger partial charge in [0, 0.05) is 23.7 Å². The molecule has 162 valence electrons. The number of morpholine rings is 1. The molecule has 2 aromatic rings. The molecule has 1 aromatic carbocycles. The Hall–Kier alpha value is -2.05.